The van der Waals surface area contributed by atoms with Crippen LogP contribution in [0.1, 0.15) is 24.5 Å². The van der Waals surface area contributed by atoms with Crippen LogP contribution in [0.2, 0.25) is 0 Å². The van der Waals surface area contributed by atoms with Crippen LogP contribution in [-0.4, -0.2) is 28.5 Å². The molecule has 40 heavy (non-hydrogen) atoms. The highest BCUT2D eigenvalue weighted by molar-refractivity contribution is 7.80. The van der Waals surface area contributed by atoms with E-state index in [-0.39, 0.29) is 22.8 Å². The molecule has 1 aliphatic rings. The van der Waals surface area contributed by atoms with Crippen LogP contribution in [0, 0.1) is 0 Å². The molecule has 0 spiro atoms. The monoisotopic (exact) mass is 548 g/mol. The second-order valence-electron chi connectivity index (χ2n) is 9.15. The fraction of sp³-hybridized carbons (Fsp3) is 0.121. The number of esters is 1. The first-order chi connectivity index (χ1) is 19.5. The van der Waals surface area contributed by atoms with Gasteiger partial charge in [0.15, 0.2) is 5.76 Å². The Balaban J connectivity index is 1.27. The predicted octanol–water partition coefficient (Wildman–Crippen LogP) is 7.20. The van der Waals surface area contributed by atoms with Crippen molar-refractivity contribution in [2.75, 3.05) is 11.4 Å². The van der Waals surface area contributed by atoms with Gasteiger partial charge in [0, 0.05) is 30.0 Å². The zero-order valence-electron chi connectivity index (χ0n) is 22.0. The van der Waals surface area contributed by atoms with E-state index in [1.807, 2.05) is 72.8 Å². The third kappa shape index (κ3) is 6.27. The van der Waals surface area contributed by atoms with E-state index in [4.69, 9.17) is 21.7 Å². The Kier molecular flexibility index (Phi) is 8.32. The number of hydrogen-bond donors (Lipinski definition) is 0. The van der Waals surface area contributed by atoms with Crippen molar-refractivity contribution < 1.29 is 19.1 Å². The van der Waals surface area contributed by atoms with E-state index < -0.39 is 0 Å². The summed E-state index contributed by atoms with van der Waals surface area (Å²) in [5, 5.41) is 0.140. The smallest absolute Gasteiger partial charge is 0.310 e. The lowest BCUT2D eigenvalue weighted by atomic mass is 10.1. The van der Waals surface area contributed by atoms with Gasteiger partial charge in [-0.2, -0.15) is 0 Å². The summed E-state index contributed by atoms with van der Waals surface area (Å²) in [5.74, 6) is 0.149. The SMILES string of the molecule is CCC(=O)Oc1ccc(CCN2C(=O)/C(=C\c3ccc(N(c4ccccc4)c4ccccc4)cc3)OC2=S)cc1. The van der Waals surface area contributed by atoms with Crippen molar-refractivity contribution in [1.29, 1.82) is 0 Å². The molecule has 0 bridgehead atoms. The van der Waals surface area contributed by atoms with Gasteiger partial charge in [-0.15, -0.1) is 0 Å². The first-order valence-electron chi connectivity index (χ1n) is 13.1. The van der Waals surface area contributed by atoms with E-state index in [2.05, 4.69) is 29.2 Å². The molecule has 0 aliphatic carbocycles. The number of nitrogens with zero attached hydrogens (tertiary/aromatic N) is 2. The largest absolute Gasteiger partial charge is 0.427 e. The van der Waals surface area contributed by atoms with Crippen LogP contribution in [-0.2, 0) is 20.7 Å². The number of benzene rings is 4. The van der Waals surface area contributed by atoms with Crippen molar-refractivity contribution in [3.05, 3.63) is 126 Å². The molecule has 1 fully saturated rings. The Morgan fingerprint density at radius 3 is 2.00 bits per heavy atom. The maximum atomic E-state index is 13.1. The highest BCUT2D eigenvalue weighted by Crippen LogP contribution is 2.34. The fourth-order valence-corrected chi connectivity index (χ4v) is 4.60. The zero-order valence-corrected chi connectivity index (χ0v) is 22.8. The molecule has 7 heteroatoms. The predicted molar refractivity (Wildman–Crippen MR) is 161 cm³/mol. The second kappa shape index (κ2) is 12.4. The molecule has 4 aromatic carbocycles. The molecule has 0 atom stereocenters. The summed E-state index contributed by atoms with van der Waals surface area (Å²) in [6.07, 6.45) is 2.61. The van der Waals surface area contributed by atoms with Crippen LogP contribution in [0.25, 0.3) is 6.08 Å². The van der Waals surface area contributed by atoms with E-state index in [1.165, 1.54) is 4.90 Å². The molecule has 1 heterocycles. The van der Waals surface area contributed by atoms with Gasteiger partial charge in [-0.3, -0.25) is 14.5 Å². The molecule has 4 aromatic rings. The number of ether oxygens (including phenoxy) is 2. The first-order valence-corrected chi connectivity index (χ1v) is 13.5. The number of hydrogen-bond acceptors (Lipinski definition) is 6. The molecule has 1 aliphatic heterocycles. The minimum atomic E-state index is -0.281. The maximum absolute atomic E-state index is 13.1. The van der Waals surface area contributed by atoms with E-state index in [9.17, 15) is 9.59 Å². The van der Waals surface area contributed by atoms with E-state index >= 15 is 0 Å². The normalized spacial score (nSPS) is 13.8. The van der Waals surface area contributed by atoms with Crippen LogP contribution in [0.15, 0.2) is 115 Å². The molecule has 1 amide bonds. The quantitative estimate of drug-likeness (QED) is 0.0954. The summed E-state index contributed by atoms with van der Waals surface area (Å²) in [6.45, 7) is 2.13. The molecule has 0 aromatic heterocycles. The Labute approximate surface area is 239 Å². The van der Waals surface area contributed by atoms with Crippen molar-refractivity contribution in [2.24, 2.45) is 0 Å². The number of carbonyl (C=O) groups is 2. The fourth-order valence-electron chi connectivity index (χ4n) is 4.33. The molecule has 5 rings (SSSR count). The number of carbonyl (C=O) groups excluding carboxylic acids is 2. The average molecular weight is 549 g/mol. The average Bonchev–Trinajstić information content (AvgIpc) is 3.26. The maximum Gasteiger partial charge on any atom is 0.310 e. The minimum absolute atomic E-state index is 0.140. The van der Waals surface area contributed by atoms with Gasteiger partial charge in [-0.05, 0) is 84.4 Å². The Morgan fingerprint density at radius 1 is 0.850 bits per heavy atom. The third-order valence-electron chi connectivity index (χ3n) is 6.42. The van der Waals surface area contributed by atoms with Crippen molar-refractivity contribution >= 4 is 52.4 Å². The van der Waals surface area contributed by atoms with E-state index in [0.717, 1.165) is 28.2 Å². The first kappa shape index (κ1) is 26.8. The molecule has 200 valence electrons. The number of para-hydroxylation sites is 2. The molecule has 6 nitrogen and oxygen atoms in total. The van der Waals surface area contributed by atoms with Gasteiger partial charge in [0.1, 0.15) is 5.75 Å². The molecular formula is C33H28N2O4S. The van der Waals surface area contributed by atoms with Gasteiger partial charge >= 0.3 is 5.97 Å². The standard InChI is InChI=1S/C33H28N2O4S/c1-2-31(36)38-29-19-15-24(16-20-29)21-22-34-32(37)30(39-33(34)40)23-25-13-17-28(18-14-25)35(26-9-5-3-6-10-26)27-11-7-4-8-12-27/h3-20,23H,2,21-22H2,1H3/b30-23+. The molecule has 0 saturated carbocycles. The molecule has 0 unspecified atom stereocenters. The molecule has 1 saturated heterocycles. The highest BCUT2D eigenvalue weighted by atomic mass is 32.1. The summed E-state index contributed by atoms with van der Waals surface area (Å²) in [6, 6.07) is 35.5. The Morgan fingerprint density at radius 2 is 1.43 bits per heavy atom. The Bertz CT molecular complexity index is 1480. The van der Waals surface area contributed by atoms with Gasteiger partial charge in [0.25, 0.3) is 11.1 Å². The van der Waals surface area contributed by atoms with E-state index in [1.54, 1.807) is 25.1 Å². The number of thiocarbonyl (C=S) groups is 1. The van der Waals surface area contributed by atoms with Crippen molar-refractivity contribution in [2.45, 2.75) is 19.8 Å². The molecular weight excluding hydrogens is 520 g/mol. The van der Waals surface area contributed by atoms with Crippen LogP contribution < -0.4 is 9.64 Å². The van der Waals surface area contributed by atoms with Crippen molar-refractivity contribution in [3.63, 3.8) is 0 Å². The van der Waals surface area contributed by atoms with Crippen LogP contribution in [0.5, 0.6) is 5.75 Å². The number of amides is 1. The van der Waals surface area contributed by atoms with Crippen molar-refractivity contribution in [3.8, 4) is 5.75 Å². The van der Waals surface area contributed by atoms with Crippen LogP contribution in [0.4, 0.5) is 17.1 Å². The van der Waals surface area contributed by atoms with Crippen LogP contribution >= 0.6 is 12.2 Å². The van der Waals surface area contributed by atoms with E-state index in [0.29, 0.717) is 25.1 Å². The summed E-state index contributed by atoms with van der Waals surface area (Å²) in [5.41, 5.74) is 4.90. The Hall–Kier alpha value is -4.75. The second-order valence-corrected chi connectivity index (χ2v) is 9.50. The lowest BCUT2D eigenvalue weighted by Gasteiger charge is -2.25. The zero-order chi connectivity index (χ0) is 27.9. The molecule has 0 radical (unpaired) electrons. The summed E-state index contributed by atoms with van der Waals surface area (Å²) in [7, 11) is 0. The van der Waals surface area contributed by atoms with Gasteiger partial charge in [0.2, 0.25) is 0 Å². The van der Waals surface area contributed by atoms with Gasteiger partial charge < -0.3 is 14.4 Å². The van der Waals surface area contributed by atoms with Crippen molar-refractivity contribution in [1.82, 2.24) is 4.90 Å². The lowest BCUT2D eigenvalue weighted by Crippen LogP contribution is -2.30. The number of rotatable bonds is 9. The summed E-state index contributed by atoms with van der Waals surface area (Å²) >= 11 is 5.35. The minimum Gasteiger partial charge on any atom is -0.427 e. The van der Waals surface area contributed by atoms with Gasteiger partial charge in [0.05, 0.1) is 0 Å². The topological polar surface area (TPSA) is 59.1 Å². The van der Waals surface area contributed by atoms with Crippen LogP contribution in [0.3, 0.4) is 0 Å². The third-order valence-corrected chi connectivity index (χ3v) is 6.72. The number of anilines is 3. The highest BCUT2D eigenvalue weighted by Gasteiger charge is 2.33. The molecule has 0 N–H and O–H groups in total. The van der Waals surface area contributed by atoms with Gasteiger partial charge in [-0.1, -0.05) is 67.6 Å². The summed E-state index contributed by atoms with van der Waals surface area (Å²) < 4.78 is 10.9. The van der Waals surface area contributed by atoms with Gasteiger partial charge in [-0.25, -0.2) is 0 Å². The lowest BCUT2D eigenvalue weighted by molar-refractivity contribution is -0.134. The summed E-state index contributed by atoms with van der Waals surface area (Å²) in [4.78, 5) is 28.2.